The molecule has 0 heterocycles. The van der Waals surface area contributed by atoms with Gasteiger partial charge in [0.05, 0.1) is 5.60 Å². The number of hydrogen-bond donors (Lipinski definition) is 2. The fourth-order valence-corrected chi connectivity index (χ4v) is 2.95. The Morgan fingerprint density at radius 2 is 1.89 bits per heavy atom. The van der Waals surface area contributed by atoms with Crippen LogP contribution in [0.2, 0.25) is 0 Å². The number of hydrogen-bond acceptors (Lipinski definition) is 2. The predicted molar refractivity (Wildman–Crippen MR) is 80.4 cm³/mol. The summed E-state index contributed by atoms with van der Waals surface area (Å²) in [7, 11) is 0. The second-order valence-electron chi connectivity index (χ2n) is 6.14. The van der Waals surface area contributed by atoms with Crippen LogP contribution in [0.3, 0.4) is 0 Å². The highest BCUT2D eigenvalue weighted by molar-refractivity contribution is 5.22. The van der Waals surface area contributed by atoms with E-state index in [0.29, 0.717) is 18.5 Å². The maximum atomic E-state index is 10.1. The Morgan fingerprint density at radius 3 is 2.58 bits per heavy atom. The minimum Gasteiger partial charge on any atom is -0.389 e. The molecule has 1 aromatic rings. The molecule has 2 heteroatoms. The van der Waals surface area contributed by atoms with Gasteiger partial charge in [-0.1, -0.05) is 50.1 Å². The molecule has 2 nitrogen and oxygen atoms in total. The predicted octanol–water partition coefficient (Wildman–Crippen LogP) is 3.46. The molecule has 0 aromatic heterocycles. The van der Waals surface area contributed by atoms with E-state index in [4.69, 9.17) is 0 Å². The van der Waals surface area contributed by atoms with Gasteiger partial charge in [-0.3, -0.25) is 0 Å². The molecule has 1 aliphatic carbocycles. The van der Waals surface area contributed by atoms with Crippen LogP contribution in [0.1, 0.15) is 57.4 Å². The van der Waals surface area contributed by atoms with E-state index in [1.807, 2.05) is 13.8 Å². The Kier molecular flexibility index (Phi) is 5.00. The van der Waals surface area contributed by atoms with Crippen molar-refractivity contribution in [3.63, 3.8) is 0 Å². The van der Waals surface area contributed by atoms with Crippen LogP contribution >= 0.6 is 0 Å². The SMILES string of the molecule is CCC(C)(O)CNC1CCCCC1c1ccccc1. The van der Waals surface area contributed by atoms with Crippen molar-refractivity contribution in [2.24, 2.45) is 0 Å². The molecular weight excluding hydrogens is 234 g/mol. The molecule has 0 saturated heterocycles. The van der Waals surface area contributed by atoms with Gasteiger partial charge < -0.3 is 10.4 Å². The topological polar surface area (TPSA) is 32.3 Å². The third kappa shape index (κ3) is 4.05. The zero-order valence-corrected chi connectivity index (χ0v) is 12.2. The van der Waals surface area contributed by atoms with Crippen molar-refractivity contribution in [2.75, 3.05) is 6.54 Å². The summed E-state index contributed by atoms with van der Waals surface area (Å²) in [5.74, 6) is 0.600. The molecule has 0 amide bonds. The van der Waals surface area contributed by atoms with Crippen LogP contribution in [0.5, 0.6) is 0 Å². The lowest BCUT2D eigenvalue weighted by atomic mass is 9.79. The molecule has 1 fully saturated rings. The fourth-order valence-electron chi connectivity index (χ4n) is 2.95. The number of rotatable bonds is 5. The maximum Gasteiger partial charge on any atom is 0.0741 e. The smallest absolute Gasteiger partial charge is 0.0741 e. The molecule has 106 valence electrons. The highest BCUT2D eigenvalue weighted by Gasteiger charge is 2.28. The Bertz CT molecular complexity index is 374. The normalized spacial score (nSPS) is 26.9. The lowest BCUT2D eigenvalue weighted by Gasteiger charge is -2.35. The molecule has 0 aliphatic heterocycles. The van der Waals surface area contributed by atoms with Crippen LogP contribution in [0, 0.1) is 0 Å². The average Bonchev–Trinajstić information content (AvgIpc) is 2.46. The zero-order valence-electron chi connectivity index (χ0n) is 12.2. The number of aliphatic hydroxyl groups is 1. The molecule has 3 atom stereocenters. The largest absolute Gasteiger partial charge is 0.389 e. The second-order valence-corrected chi connectivity index (χ2v) is 6.14. The maximum absolute atomic E-state index is 10.1. The summed E-state index contributed by atoms with van der Waals surface area (Å²) >= 11 is 0. The van der Waals surface area contributed by atoms with Crippen LogP contribution in [0.15, 0.2) is 30.3 Å². The zero-order chi connectivity index (χ0) is 13.7. The second kappa shape index (κ2) is 6.53. The lowest BCUT2D eigenvalue weighted by molar-refractivity contribution is 0.0502. The summed E-state index contributed by atoms with van der Waals surface area (Å²) in [6.45, 7) is 4.65. The number of nitrogens with one attached hydrogen (secondary N) is 1. The van der Waals surface area contributed by atoms with Gasteiger partial charge in [-0.15, -0.1) is 0 Å². The van der Waals surface area contributed by atoms with Crippen molar-refractivity contribution >= 4 is 0 Å². The van der Waals surface area contributed by atoms with E-state index in [9.17, 15) is 5.11 Å². The monoisotopic (exact) mass is 261 g/mol. The highest BCUT2D eigenvalue weighted by atomic mass is 16.3. The molecule has 2 N–H and O–H groups in total. The van der Waals surface area contributed by atoms with E-state index in [-0.39, 0.29) is 0 Å². The molecule has 3 unspecified atom stereocenters. The van der Waals surface area contributed by atoms with Gasteiger partial charge in [0.25, 0.3) is 0 Å². The van der Waals surface area contributed by atoms with Crippen molar-refractivity contribution in [2.45, 2.75) is 63.5 Å². The molecule has 1 aliphatic rings. The van der Waals surface area contributed by atoms with Gasteiger partial charge in [-0.2, -0.15) is 0 Å². The molecular formula is C17H27NO. The third-order valence-electron chi connectivity index (χ3n) is 4.50. The number of benzene rings is 1. The summed E-state index contributed by atoms with van der Waals surface area (Å²) in [5, 5.41) is 13.8. The van der Waals surface area contributed by atoms with Crippen LogP contribution < -0.4 is 5.32 Å². The molecule has 0 radical (unpaired) electrons. The highest BCUT2D eigenvalue weighted by Crippen LogP contribution is 2.33. The van der Waals surface area contributed by atoms with Gasteiger partial charge in [0.1, 0.15) is 0 Å². The van der Waals surface area contributed by atoms with E-state index in [0.717, 1.165) is 6.42 Å². The first kappa shape index (κ1) is 14.5. The van der Waals surface area contributed by atoms with Crippen molar-refractivity contribution in [1.82, 2.24) is 5.32 Å². The minimum absolute atomic E-state index is 0.508. The fraction of sp³-hybridized carbons (Fsp3) is 0.647. The molecule has 0 spiro atoms. The Morgan fingerprint density at radius 1 is 1.21 bits per heavy atom. The molecule has 1 aromatic carbocycles. The van der Waals surface area contributed by atoms with Gasteiger partial charge in [0.15, 0.2) is 0 Å². The van der Waals surface area contributed by atoms with Crippen molar-refractivity contribution in [3.05, 3.63) is 35.9 Å². The summed E-state index contributed by atoms with van der Waals surface area (Å²) in [5.41, 5.74) is 0.856. The average molecular weight is 261 g/mol. The van der Waals surface area contributed by atoms with Gasteiger partial charge >= 0.3 is 0 Å². The first-order valence-electron chi connectivity index (χ1n) is 7.63. The van der Waals surface area contributed by atoms with E-state index in [1.54, 1.807) is 0 Å². The van der Waals surface area contributed by atoms with Gasteiger partial charge in [0.2, 0.25) is 0 Å². The van der Waals surface area contributed by atoms with Crippen molar-refractivity contribution < 1.29 is 5.11 Å². The Hall–Kier alpha value is -0.860. The van der Waals surface area contributed by atoms with Crippen molar-refractivity contribution in [3.8, 4) is 0 Å². The Balaban J connectivity index is 2.01. The van der Waals surface area contributed by atoms with Crippen molar-refractivity contribution in [1.29, 1.82) is 0 Å². The van der Waals surface area contributed by atoms with E-state index in [2.05, 4.69) is 35.6 Å². The van der Waals surface area contributed by atoms with E-state index in [1.165, 1.54) is 31.2 Å². The van der Waals surface area contributed by atoms with Crippen LogP contribution in [-0.4, -0.2) is 23.3 Å². The summed E-state index contributed by atoms with van der Waals surface area (Å²) in [4.78, 5) is 0. The molecule has 0 bridgehead atoms. The summed E-state index contributed by atoms with van der Waals surface area (Å²) in [6.07, 6.45) is 5.90. The van der Waals surface area contributed by atoms with E-state index >= 15 is 0 Å². The van der Waals surface area contributed by atoms with E-state index < -0.39 is 5.60 Å². The van der Waals surface area contributed by atoms with Crippen LogP contribution in [0.25, 0.3) is 0 Å². The standard InChI is InChI=1S/C17H27NO/c1-3-17(2,19)13-18-16-12-8-7-11-15(16)14-9-5-4-6-10-14/h4-6,9-10,15-16,18-19H,3,7-8,11-13H2,1-2H3. The Labute approximate surface area is 117 Å². The van der Waals surface area contributed by atoms with Crippen LogP contribution in [0.4, 0.5) is 0 Å². The minimum atomic E-state index is -0.585. The van der Waals surface area contributed by atoms with Gasteiger partial charge in [0, 0.05) is 12.6 Å². The van der Waals surface area contributed by atoms with Gasteiger partial charge in [-0.25, -0.2) is 0 Å². The quantitative estimate of drug-likeness (QED) is 0.850. The first-order valence-corrected chi connectivity index (χ1v) is 7.63. The van der Waals surface area contributed by atoms with Gasteiger partial charge in [-0.05, 0) is 37.7 Å². The molecule has 1 saturated carbocycles. The first-order chi connectivity index (χ1) is 9.12. The van der Waals surface area contributed by atoms with Crippen LogP contribution in [-0.2, 0) is 0 Å². The third-order valence-corrected chi connectivity index (χ3v) is 4.50. The molecule has 2 rings (SSSR count). The summed E-state index contributed by atoms with van der Waals surface area (Å²) < 4.78 is 0. The lowest BCUT2D eigenvalue weighted by Crippen LogP contribution is -2.45. The summed E-state index contributed by atoms with van der Waals surface area (Å²) in [6, 6.07) is 11.3. The molecule has 19 heavy (non-hydrogen) atoms.